The SMILES string of the molecule is CC(=NCC(=O)c1ccc(C(=O)N2CCN(C(C)C)CC2)s1)c1csc(-c2ccc(C)cc2)c1O. The van der Waals surface area contributed by atoms with E-state index in [4.69, 9.17) is 0 Å². The van der Waals surface area contributed by atoms with Crippen molar-refractivity contribution in [3.8, 4) is 16.2 Å². The molecule has 1 amide bonds. The highest BCUT2D eigenvalue weighted by Gasteiger charge is 2.25. The van der Waals surface area contributed by atoms with Crippen molar-refractivity contribution >= 4 is 40.1 Å². The van der Waals surface area contributed by atoms with E-state index in [1.54, 1.807) is 19.1 Å². The average molecular weight is 510 g/mol. The van der Waals surface area contributed by atoms with Crippen molar-refractivity contribution in [3.05, 3.63) is 62.7 Å². The Hall–Kier alpha value is -2.81. The van der Waals surface area contributed by atoms with E-state index in [9.17, 15) is 14.7 Å². The zero-order chi connectivity index (χ0) is 25.1. The number of hydrogen-bond donors (Lipinski definition) is 1. The van der Waals surface area contributed by atoms with Crippen LogP contribution >= 0.6 is 22.7 Å². The standard InChI is InChI=1S/C27H31N3O3S2/c1-17(2)29-11-13-30(14-12-29)27(33)24-10-9-23(35-24)22(31)15-28-19(4)21-16-34-26(25(21)32)20-7-5-18(3)6-8-20/h5-10,16-17,32H,11-15H2,1-4H3. The minimum atomic E-state index is -0.133. The van der Waals surface area contributed by atoms with Crippen molar-refractivity contribution in [3.63, 3.8) is 0 Å². The minimum Gasteiger partial charge on any atom is -0.506 e. The molecule has 1 aliphatic rings. The Kier molecular flexibility index (Phi) is 7.84. The summed E-state index contributed by atoms with van der Waals surface area (Å²) in [5.74, 6) is 0.0459. The Balaban J connectivity index is 1.39. The summed E-state index contributed by atoms with van der Waals surface area (Å²) in [7, 11) is 0. The maximum absolute atomic E-state index is 12.9. The van der Waals surface area contributed by atoms with Crippen LogP contribution < -0.4 is 0 Å². The summed E-state index contributed by atoms with van der Waals surface area (Å²) in [6.45, 7) is 11.3. The van der Waals surface area contributed by atoms with Gasteiger partial charge in [0.1, 0.15) is 12.3 Å². The van der Waals surface area contributed by atoms with Gasteiger partial charge in [0.25, 0.3) is 5.91 Å². The molecular weight excluding hydrogens is 478 g/mol. The molecule has 35 heavy (non-hydrogen) atoms. The number of hydrogen-bond acceptors (Lipinski definition) is 7. The molecule has 0 atom stereocenters. The molecule has 1 N–H and O–H groups in total. The summed E-state index contributed by atoms with van der Waals surface area (Å²) < 4.78 is 0. The summed E-state index contributed by atoms with van der Waals surface area (Å²) in [5, 5.41) is 12.6. The lowest BCUT2D eigenvalue weighted by atomic mass is 10.1. The van der Waals surface area contributed by atoms with Gasteiger partial charge in [-0.3, -0.25) is 19.5 Å². The Morgan fingerprint density at radius 2 is 1.69 bits per heavy atom. The van der Waals surface area contributed by atoms with E-state index in [2.05, 4.69) is 23.7 Å². The second-order valence-corrected chi connectivity index (χ2v) is 11.1. The van der Waals surface area contributed by atoms with E-state index in [1.807, 2.05) is 41.5 Å². The zero-order valence-electron chi connectivity index (χ0n) is 20.6. The van der Waals surface area contributed by atoms with Gasteiger partial charge in [0.15, 0.2) is 5.78 Å². The molecular formula is C27H31N3O3S2. The van der Waals surface area contributed by atoms with Crippen LogP contribution in [0.15, 0.2) is 46.8 Å². The highest BCUT2D eigenvalue weighted by atomic mass is 32.1. The van der Waals surface area contributed by atoms with Crippen LogP contribution in [-0.4, -0.2) is 71.1 Å². The van der Waals surface area contributed by atoms with Gasteiger partial charge in [0, 0.05) is 48.9 Å². The molecule has 4 rings (SSSR count). The fourth-order valence-electron chi connectivity index (χ4n) is 4.07. The van der Waals surface area contributed by atoms with E-state index in [0.29, 0.717) is 40.2 Å². The number of thiophene rings is 2. The molecule has 6 nitrogen and oxygen atoms in total. The Labute approximate surface area is 214 Å². The van der Waals surface area contributed by atoms with E-state index in [1.165, 1.54) is 22.7 Å². The number of aliphatic imine (C=N–C) groups is 1. The minimum absolute atomic E-state index is 0.0102. The maximum atomic E-state index is 12.9. The number of Topliss-reactive ketones (excluding diaryl/α,β-unsaturated/α-hetero) is 1. The third-order valence-corrected chi connectivity index (χ3v) is 8.48. The van der Waals surface area contributed by atoms with Crippen LogP contribution in [0.5, 0.6) is 5.75 Å². The molecule has 1 fully saturated rings. The van der Waals surface area contributed by atoms with Gasteiger partial charge in [-0.05, 0) is 45.4 Å². The first-order chi connectivity index (χ1) is 16.7. The topological polar surface area (TPSA) is 73.2 Å². The summed E-state index contributed by atoms with van der Waals surface area (Å²) in [6, 6.07) is 11.9. The normalized spacial score (nSPS) is 15.1. The van der Waals surface area contributed by atoms with Crippen LogP contribution in [0.2, 0.25) is 0 Å². The van der Waals surface area contributed by atoms with E-state index in [-0.39, 0.29) is 24.0 Å². The second-order valence-electron chi connectivity index (χ2n) is 9.10. The van der Waals surface area contributed by atoms with Crippen LogP contribution in [0.1, 0.15) is 51.2 Å². The first-order valence-corrected chi connectivity index (χ1v) is 13.5. The van der Waals surface area contributed by atoms with E-state index in [0.717, 1.165) is 29.1 Å². The van der Waals surface area contributed by atoms with Gasteiger partial charge in [-0.25, -0.2) is 0 Å². The van der Waals surface area contributed by atoms with E-state index < -0.39 is 0 Å². The van der Waals surface area contributed by atoms with Crippen molar-refractivity contribution in [1.29, 1.82) is 0 Å². The molecule has 1 saturated heterocycles. The first-order valence-electron chi connectivity index (χ1n) is 11.8. The fourth-order valence-corrected chi connectivity index (χ4v) is 5.99. The molecule has 0 aliphatic carbocycles. The fraction of sp³-hybridized carbons (Fsp3) is 0.370. The van der Waals surface area contributed by atoms with Gasteiger partial charge in [-0.1, -0.05) is 29.8 Å². The Morgan fingerprint density at radius 3 is 2.34 bits per heavy atom. The van der Waals surface area contributed by atoms with Crippen molar-refractivity contribution in [2.45, 2.75) is 33.7 Å². The molecule has 1 aliphatic heterocycles. The monoisotopic (exact) mass is 509 g/mol. The van der Waals surface area contributed by atoms with Crippen molar-refractivity contribution < 1.29 is 14.7 Å². The zero-order valence-corrected chi connectivity index (χ0v) is 22.2. The Morgan fingerprint density at radius 1 is 1.03 bits per heavy atom. The number of piperazine rings is 1. The molecule has 8 heteroatoms. The molecule has 3 aromatic rings. The van der Waals surface area contributed by atoms with Crippen LogP contribution in [-0.2, 0) is 0 Å². The molecule has 0 bridgehead atoms. The molecule has 0 spiro atoms. The van der Waals surface area contributed by atoms with Crippen LogP contribution in [0.3, 0.4) is 0 Å². The first kappa shape index (κ1) is 25.3. The lowest BCUT2D eigenvalue weighted by molar-refractivity contribution is 0.0600. The van der Waals surface area contributed by atoms with Gasteiger partial charge in [0.2, 0.25) is 0 Å². The lowest BCUT2D eigenvalue weighted by Crippen LogP contribution is -2.50. The summed E-state index contributed by atoms with van der Waals surface area (Å²) in [5.41, 5.74) is 3.37. The molecule has 0 radical (unpaired) electrons. The average Bonchev–Trinajstić information content (AvgIpc) is 3.50. The smallest absolute Gasteiger partial charge is 0.264 e. The number of benzene rings is 1. The summed E-state index contributed by atoms with van der Waals surface area (Å²) in [4.78, 5) is 36.2. The molecule has 184 valence electrons. The number of aromatic hydroxyl groups is 1. The predicted octanol–water partition coefficient (Wildman–Crippen LogP) is 5.35. The predicted molar refractivity (Wildman–Crippen MR) is 144 cm³/mol. The van der Waals surface area contributed by atoms with E-state index >= 15 is 0 Å². The van der Waals surface area contributed by atoms with Gasteiger partial charge in [-0.2, -0.15) is 0 Å². The number of nitrogens with zero attached hydrogens (tertiary/aromatic N) is 3. The third-order valence-electron chi connectivity index (χ3n) is 6.35. The van der Waals surface area contributed by atoms with Crippen LogP contribution in [0.4, 0.5) is 0 Å². The largest absolute Gasteiger partial charge is 0.506 e. The van der Waals surface area contributed by atoms with Gasteiger partial charge < -0.3 is 10.0 Å². The molecule has 2 aromatic heterocycles. The second kappa shape index (κ2) is 10.8. The highest BCUT2D eigenvalue weighted by Crippen LogP contribution is 2.38. The van der Waals surface area contributed by atoms with Crippen LogP contribution in [0.25, 0.3) is 10.4 Å². The highest BCUT2D eigenvalue weighted by molar-refractivity contribution is 7.16. The third kappa shape index (κ3) is 5.72. The molecule has 0 unspecified atom stereocenters. The maximum Gasteiger partial charge on any atom is 0.264 e. The summed E-state index contributed by atoms with van der Waals surface area (Å²) >= 11 is 2.69. The number of rotatable bonds is 7. The van der Waals surface area contributed by atoms with Gasteiger partial charge in [0.05, 0.1) is 14.6 Å². The van der Waals surface area contributed by atoms with Crippen molar-refractivity contribution in [1.82, 2.24) is 9.80 Å². The van der Waals surface area contributed by atoms with Crippen LogP contribution in [0, 0.1) is 6.92 Å². The number of carbonyl (C=O) groups excluding carboxylic acids is 2. The van der Waals surface area contributed by atoms with Gasteiger partial charge in [-0.15, -0.1) is 22.7 Å². The lowest BCUT2D eigenvalue weighted by Gasteiger charge is -2.36. The number of carbonyl (C=O) groups is 2. The van der Waals surface area contributed by atoms with Crippen molar-refractivity contribution in [2.24, 2.45) is 4.99 Å². The number of amides is 1. The molecule has 0 saturated carbocycles. The summed E-state index contributed by atoms with van der Waals surface area (Å²) in [6.07, 6.45) is 0. The number of ketones is 1. The molecule has 1 aromatic carbocycles. The van der Waals surface area contributed by atoms with Crippen molar-refractivity contribution in [2.75, 3.05) is 32.7 Å². The van der Waals surface area contributed by atoms with Gasteiger partial charge >= 0.3 is 0 Å². The number of aryl methyl sites for hydroxylation is 1. The molecule has 3 heterocycles. The quantitative estimate of drug-likeness (QED) is 0.344. The Bertz CT molecular complexity index is 1230.